The van der Waals surface area contributed by atoms with Crippen molar-refractivity contribution in [3.05, 3.63) is 40.9 Å². The van der Waals surface area contributed by atoms with E-state index in [1.807, 2.05) is 0 Å². The van der Waals surface area contributed by atoms with E-state index in [0.717, 1.165) is 9.47 Å². The summed E-state index contributed by atoms with van der Waals surface area (Å²) in [5.41, 5.74) is 0.102. The number of hydrogen-bond donors (Lipinski definition) is 0. The SMILES string of the molecule is CN(CCC(F)(F)F)C(=O)Cn1cnc2ccccc2c1=O. The summed E-state index contributed by atoms with van der Waals surface area (Å²) in [6.45, 7) is -0.789. The van der Waals surface area contributed by atoms with Crippen molar-refractivity contribution in [1.82, 2.24) is 14.5 Å². The number of alkyl halides is 3. The van der Waals surface area contributed by atoms with Crippen molar-refractivity contribution in [3.8, 4) is 0 Å². The molecule has 0 atom stereocenters. The van der Waals surface area contributed by atoms with Gasteiger partial charge in [0.05, 0.1) is 23.7 Å². The average Bonchev–Trinajstić information content (AvgIpc) is 2.47. The molecule has 0 aliphatic heterocycles. The van der Waals surface area contributed by atoms with Crippen LogP contribution in [0.15, 0.2) is 35.4 Å². The highest BCUT2D eigenvalue weighted by atomic mass is 19.4. The average molecular weight is 313 g/mol. The number of nitrogens with zero attached hydrogens (tertiary/aromatic N) is 3. The Morgan fingerprint density at radius 2 is 2.00 bits per heavy atom. The van der Waals surface area contributed by atoms with Gasteiger partial charge in [0.25, 0.3) is 5.56 Å². The van der Waals surface area contributed by atoms with Gasteiger partial charge in [-0.25, -0.2) is 4.98 Å². The number of carbonyl (C=O) groups is 1. The second-order valence-electron chi connectivity index (χ2n) is 4.88. The summed E-state index contributed by atoms with van der Waals surface area (Å²) in [4.78, 5) is 29.1. The van der Waals surface area contributed by atoms with E-state index in [4.69, 9.17) is 0 Å². The van der Waals surface area contributed by atoms with Gasteiger partial charge in [-0.2, -0.15) is 13.2 Å². The molecule has 2 aromatic rings. The quantitative estimate of drug-likeness (QED) is 0.865. The van der Waals surface area contributed by atoms with Gasteiger partial charge in [-0.15, -0.1) is 0 Å². The van der Waals surface area contributed by atoms with Crippen LogP contribution >= 0.6 is 0 Å². The monoisotopic (exact) mass is 313 g/mol. The van der Waals surface area contributed by atoms with Crippen molar-refractivity contribution >= 4 is 16.8 Å². The molecule has 22 heavy (non-hydrogen) atoms. The maximum Gasteiger partial charge on any atom is 0.390 e. The van der Waals surface area contributed by atoms with E-state index >= 15 is 0 Å². The van der Waals surface area contributed by atoms with Crippen LogP contribution in [0.1, 0.15) is 6.42 Å². The molecule has 0 bridgehead atoms. The maximum atomic E-state index is 12.2. The van der Waals surface area contributed by atoms with Gasteiger partial charge >= 0.3 is 6.18 Å². The number of likely N-dealkylation sites (N-methyl/N-ethyl adjacent to an activating group) is 1. The number of para-hydroxylation sites is 1. The first-order valence-electron chi connectivity index (χ1n) is 6.53. The van der Waals surface area contributed by atoms with Crippen LogP contribution in [-0.4, -0.2) is 40.1 Å². The van der Waals surface area contributed by atoms with E-state index in [1.165, 1.54) is 13.4 Å². The van der Waals surface area contributed by atoms with Gasteiger partial charge in [-0.3, -0.25) is 14.2 Å². The van der Waals surface area contributed by atoms with E-state index in [1.54, 1.807) is 24.3 Å². The van der Waals surface area contributed by atoms with Gasteiger partial charge in [0.15, 0.2) is 0 Å². The van der Waals surface area contributed by atoms with Crippen LogP contribution in [0.4, 0.5) is 13.2 Å². The molecule has 1 amide bonds. The second-order valence-corrected chi connectivity index (χ2v) is 4.88. The first-order chi connectivity index (χ1) is 10.3. The first kappa shape index (κ1) is 16.0. The number of rotatable bonds is 4. The molecule has 0 radical (unpaired) electrons. The minimum Gasteiger partial charge on any atom is -0.344 e. The molecule has 1 heterocycles. The van der Waals surface area contributed by atoms with Crippen LogP contribution in [0.3, 0.4) is 0 Å². The van der Waals surface area contributed by atoms with Crippen LogP contribution in [0.2, 0.25) is 0 Å². The lowest BCUT2D eigenvalue weighted by Crippen LogP contribution is -2.35. The summed E-state index contributed by atoms with van der Waals surface area (Å²) in [6, 6.07) is 6.65. The lowest BCUT2D eigenvalue weighted by Gasteiger charge is -2.18. The minimum absolute atomic E-state index is 0.342. The second kappa shape index (κ2) is 6.17. The molecule has 8 heteroatoms. The van der Waals surface area contributed by atoms with E-state index in [9.17, 15) is 22.8 Å². The third kappa shape index (κ3) is 3.84. The lowest BCUT2D eigenvalue weighted by atomic mass is 10.2. The molecule has 0 aliphatic rings. The predicted octanol–water partition coefficient (Wildman–Crippen LogP) is 1.81. The zero-order chi connectivity index (χ0) is 16.3. The minimum atomic E-state index is -4.32. The Balaban J connectivity index is 2.12. The summed E-state index contributed by atoms with van der Waals surface area (Å²) >= 11 is 0. The Bertz CT molecular complexity index is 740. The zero-order valence-corrected chi connectivity index (χ0v) is 11.8. The normalized spacial score (nSPS) is 11.6. The Morgan fingerprint density at radius 1 is 1.32 bits per heavy atom. The van der Waals surface area contributed by atoms with Crippen molar-refractivity contribution < 1.29 is 18.0 Å². The molecule has 1 aromatic heterocycles. The topological polar surface area (TPSA) is 55.2 Å². The number of fused-ring (bicyclic) bond motifs is 1. The molecule has 118 valence electrons. The Kier molecular flexibility index (Phi) is 4.48. The predicted molar refractivity (Wildman–Crippen MR) is 74.3 cm³/mol. The van der Waals surface area contributed by atoms with Crippen molar-refractivity contribution in [3.63, 3.8) is 0 Å². The number of carbonyl (C=O) groups excluding carboxylic acids is 1. The highest BCUT2D eigenvalue weighted by Gasteiger charge is 2.28. The van der Waals surface area contributed by atoms with E-state index in [-0.39, 0.29) is 6.54 Å². The van der Waals surface area contributed by atoms with Gasteiger partial charge in [0, 0.05) is 13.6 Å². The Hall–Kier alpha value is -2.38. The van der Waals surface area contributed by atoms with Crippen molar-refractivity contribution in [2.45, 2.75) is 19.1 Å². The number of amides is 1. The standard InChI is InChI=1S/C14H14F3N3O2/c1-19(7-6-14(15,16)17)12(21)8-20-9-18-11-5-3-2-4-10(11)13(20)22/h2-5,9H,6-8H2,1H3. The van der Waals surface area contributed by atoms with Gasteiger partial charge < -0.3 is 4.90 Å². The van der Waals surface area contributed by atoms with E-state index in [2.05, 4.69) is 4.98 Å². The van der Waals surface area contributed by atoms with Crippen molar-refractivity contribution in [2.75, 3.05) is 13.6 Å². The third-order valence-electron chi connectivity index (χ3n) is 3.19. The van der Waals surface area contributed by atoms with Crippen LogP contribution in [0.25, 0.3) is 10.9 Å². The fourth-order valence-electron chi connectivity index (χ4n) is 1.90. The molecular weight excluding hydrogens is 299 g/mol. The summed E-state index contributed by atoms with van der Waals surface area (Å²) in [5, 5.41) is 0.357. The summed E-state index contributed by atoms with van der Waals surface area (Å²) in [5.74, 6) is -0.580. The van der Waals surface area contributed by atoms with Gasteiger partial charge in [-0.05, 0) is 12.1 Å². The molecule has 0 unspecified atom stereocenters. The molecule has 0 saturated heterocycles. The molecule has 0 saturated carbocycles. The lowest BCUT2D eigenvalue weighted by molar-refractivity contribution is -0.144. The third-order valence-corrected chi connectivity index (χ3v) is 3.19. The fourth-order valence-corrected chi connectivity index (χ4v) is 1.90. The Labute approximate surface area is 124 Å². The highest BCUT2D eigenvalue weighted by molar-refractivity contribution is 5.78. The van der Waals surface area contributed by atoms with Gasteiger partial charge in [-0.1, -0.05) is 12.1 Å². The van der Waals surface area contributed by atoms with Crippen molar-refractivity contribution in [2.24, 2.45) is 0 Å². The summed E-state index contributed by atoms with van der Waals surface area (Å²) in [6.07, 6.45) is -4.18. The molecule has 1 aromatic carbocycles. The molecule has 0 spiro atoms. The van der Waals surface area contributed by atoms with Gasteiger partial charge in [0.2, 0.25) is 5.91 Å². The first-order valence-corrected chi connectivity index (χ1v) is 6.53. The number of hydrogen-bond acceptors (Lipinski definition) is 3. The smallest absolute Gasteiger partial charge is 0.344 e. The van der Waals surface area contributed by atoms with Crippen LogP contribution < -0.4 is 5.56 Å². The van der Waals surface area contributed by atoms with Crippen LogP contribution in [0.5, 0.6) is 0 Å². The number of benzene rings is 1. The summed E-state index contributed by atoms with van der Waals surface area (Å²) in [7, 11) is 1.27. The van der Waals surface area contributed by atoms with Crippen LogP contribution in [0, 0.1) is 0 Å². The zero-order valence-electron chi connectivity index (χ0n) is 11.8. The van der Waals surface area contributed by atoms with E-state index < -0.39 is 30.6 Å². The maximum absolute atomic E-state index is 12.2. The molecule has 5 nitrogen and oxygen atoms in total. The molecule has 0 N–H and O–H groups in total. The molecule has 0 fully saturated rings. The van der Waals surface area contributed by atoms with Crippen molar-refractivity contribution in [1.29, 1.82) is 0 Å². The van der Waals surface area contributed by atoms with Gasteiger partial charge in [0.1, 0.15) is 6.54 Å². The fraction of sp³-hybridized carbons (Fsp3) is 0.357. The molecule has 2 rings (SSSR count). The van der Waals surface area contributed by atoms with Crippen LogP contribution in [-0.2, 0) is 11.3 Å². The number of halogens is 3. The summed E-state index contributed by atoms with van der Waals surface area (Å²) < 4.78 is 37.5. The Morgan fingerprint density at radius 3 is 2.68 bits per heavy atom. The van der Waals surface area contributed by atoms with E-state index in [0.29, 0.717) is 10.9 Å². The molecular formula is C14H14F3N3O2. The highest BCUT2D eigenvalue weighted by Crippen LogP contribution is 2.19. The molecule has 0 aliphatic carbocycles. The largest absolute Gasteiger partial charge is 0.390 e. The number of aromatic nitrogens is 2.